The Morgan fingerprint density at radius 3 is 1.34 bits per heavy atom. The molecule has 2 aliphatic heterocycles. The summed E-state index contributed by atoms with van der Waals surface area (Å²) in [4.78, 5) is 29.5. The first-order valence-corrected chi connectivity index (χ1v) is 9.18. The smallest absolute Gasteiger partial charge is 0.332 e. The molecule has 4 rings (SSSR count). The van der Waals surface area contributed by atoms with E-state index >= 15 is 0 Å². The second kappa shape index (κ2) is 8.96. The number of hydrogen-bond acceptors (Lipinski definition) is 13. The summed E-state index contributed by atoms with van der Waals surface area (Å²) >= 11 is 0. The summed E-state index contributed by atoms with van der Waals surface area (Å²) in [6.45, 7) is 5.02. The van der Waals surface area contributed by atoms with Crippen molar-refractivity contribution in [1.82, 2.24) is 29.9 Å². The molecule has 2 aromatic heterocycles. The summed E-state index contributed by atoms with van der Waals surface area (Å²) in [5, 5.41) is 0. The van der Waals surface area contributed by atoms with Gasteiger partial charge >= 0.3 is 24.0 Å². The second-order valence-corrected chi connectivity index (χ2v) is 6.11. The fourth-order valence-electron chi connectivity index (χ4n) is 2.82. The maximum atomic E-state index is 5.73. The maximum Gasteiger partial charge on any atom is 0.332 e. The molecule has 13 heteroatoms. The van der Waals surface area contributed by atoms with Crippen molar-refractivity contribution in [3.05, 3.63) is 0 Å². The zero-order chi connectivity index (χ0) is 20.1. The monoisotopic (exact) mass is 406 g/mol. The lowest BCUT2D eigenvalue weighted by Crippen LogP contribution is -2.37. The predicted octanol–water partition coefficient (Wildman–Crippen LogP) is -0.461. The van der Waals surface area contributed by atoms with E-state index in [0.29, 0.717) is 64.5 Å². The van der Waals surface area contributed by atoms with Crippen molar-refractivity contribution in [2.75, 3.05) is 76.6 Å². The van der Waals surface area contributed by atoms with Gasteiger partial charge in [0.1, 0.15) is 0 Å². The van der Waals surface area contributed by atoms with Crippen LogP contribution in [0.1, 0.15) is 0 Å². The highest BCUT2D eigenvalue weighted by Gasteiger charge is 2.21. The van der Waals surface area contributed by atoms with Crippen LogP contribution in [0.4, 0.5) is 11.9 Å². The molecule has 0 aromatic carbocycles. The van der Waals surface area contributed by atoms with Gasteiger partial charge in [-0.1, -0.05) is 0 Å². The molecular weight excluding hydrogens is 384 g/mol. The van der Waals surface area contributed by atoms with E-state index in [1.807, 2.05) is 9.80 Å². The maximum absolute atomic E-state index is 5.73. The highest BCUT2D eigenvalue weighted by Crippen LogP contribution is 2.23. The first kappa shape index (κ1) is 19.3. The van der Waals surface area contributed by atoms with Gasteiger partial charge in [0.15, 0.2) is 0 Å². The summed E-state index contributed by atoms with van der Waals surface area (Å²) in [6, 6.07) is 0.288. The van der Waals surface area contributed by atoms with Gasteiger partial charge in [-0.15, -0.1) is 9.97 Å². The summed E-state index contributed by atoms with van der Waals surface area (Å²) in [6.07, 6.45) is 0. The Morgan fingerprint density at radius 1 is 0.586 bits per heavy atom. The topological polar surface area (TPSA) is 130 Å². The van der Waals surface area contributed by atoms with Crippen LogP contribution in [0.25, 0.3) is 0 Å². The Labute approximate surface area is 167 Å². The molecule has 156 valence electrons. The summed E-state index contributed by atoms with van der Waals surface area (Å²) in [5.74, 6) is 0.870. The number of ether oxygens (including phenoxy) is 5. The Morgan fingerprint density at radius 2 is 0.966 bits per heavy atom. The minimum Gasteiger partial charge on any atom is -0.467 e. The molecule has 0 radical (unpaired) electrons. The third kappa shape index (κ3) is 4.68. The van der Waals surface area contributed by atoms with Crippen molar-refractivity contribution in [2.45, 2.75) is 0 Å². The number of rotatable bonds is 6. The van der Waals surface area contributed by atoms with Gasteiger partial charge in [-0.05, 0) is 0 Å². The van der Waals surface area contributed by atoms with Crippen LogP contribution in [-0.4, -0.2) is 96.7 Å². The molecule has 0 atom stereocenters. The van der Waals surface area contributed by atoms with E-state index < -0.39 is 0 Å². The van der Waals surface area contributed by atoms with E-state index in [4.69, 9.17) is 23.7 Å². The van der Waals surface area contributed by atoms with E-state index in [1.54, 1.807) is 0 Å². The fourth-order valence-corrected chi connectivity index (χ4v) is 2.82. The lowest BCUT2D eigenvalue weighted by molar-refractivity contribution is 0.121. The Kier molecular flexibility index (Phi) is 5.95. The number of morpholine rings is 2. The molecule has 2 saturated heterocycles. The Balaban J connectivity index is 1.60. The van der Waals surface area contributed by atoms with Crippen LogP contribution < -0.4 is 24.0 Å². The normalized spacial score (nSPS) is 17.2. The molecule has 0 N–H and O–H groups in total. The highest BCUT2D eigenvalue weighted by molar-refractivity contribution is 5.35. The molecule has 2 aliphatic rings. The third-order valence-electron chi connectivity index (χ3n) is 4.30. The van der Waals surface area contributed by atoms with Crippen LogP contribution in [0.5, 0.6) is 24.0 Å². The molecule has 13 nitrogen and oxygen atoms in total. The van der Waals surface area contributed by atoms with Crippen LogP contribution in [-0.2, 0) is 9.47 Å². The summed E-state index contributed by atoms with van der Waals surface area (Å²) < 4.78 is 26.8. The van der Waals surface area contributed by atoms with E-state index in [2.05, 4.69) is 29.9 Å². The molecule has 2 aromatic rings. The molecule has 2 fully saturated rings. The van der Waals surface area contributed by atoms with Gasteiger partial charge in [0.2, 0.25) is 11.9 Å². The van der Waals surface area contributed by atoms with Crippen molar-refractivity contribution >= 4 is 11.9 Å². The first-order valence-electron chi connectivity index (χ1n) is 9.18. The zero-order valence-electron chi connectivity index (χ0n) is 16.3. The Hall–Kier alpha value is -3.06. The molecule has 29 heavy (non-hydrogen) atoms. The second-order valence-electron chi connectivity index (χ2n) is 6.11. The van der Waals surface area contributed by atoms with Crippen molar-refractivity contribution in [3.63, 3.8) is 0 Å². The van der Waals surface area contributed by atoms with E-state index in [0.717, 1.165) is 0 Å². The quantitative estimate of drug-likeness (QED) is 0.614. The zero-order valence-corrected chi connectivity index (χ0v) is 16.3. The van der Waals surface area contributed by atoms with Gasteiger partial charge in [0, 0.05) is 26.2 Å². The van der Waals surface area contributed by atoms with Gasteiger partial charge < -0.3 is 33.5 Å². The van der Waals surface area contributed by atoms with Gasteiger partial charge in [0.05, 0.1) is 40.6 Å². The lowest BCUT2D eigenvalue weighted by Gasteiger charge is -2.27. The third-order valence-corrected chi connectivity index (χ3v) is 4.30. The summed E-state index contributed by atoms with van der Waals surface area (Å²) in [5.41, 5.74) is 0. The predicted molar refractivity (Wildman–Crippen MR) is 98.9 cm³/mol. The van der Waals surface area contributed by atoms with Crippen molar-refractivity contribution < 1.29 is 23.7 Å². The van der Waals surface area contributed by atoms with Gasteiger partial charge in [-0.25, -0.2) is 0 Å². The van der Waals surface area contributed by atoms with Crippen LogP contribution in [0.2, 0.25) is 0 Å². The first-order chi connectivity index (χ1) is 14.2. The molecular formula is C16H22N8O5. The molecule has 0 amide bonds. The van der Waals surface area contributed by atoms with Crippen molar-refractivity contribution in [2.24, 2.45) is 0 Å². The van der Waals surface area contributed by atoms with Gasteiger partial charge in [0.25, 0.3) is 0 Å². The minimum absolute atomic E-state index is 0.0134. The van der Waals surface area contributed by atoms with E-state index in [9.17, 15) is 0 Å². The molecule has 0 saturated carbocycles. The van der Waals surface area contributed by atoms with Crippen molar-refractivity contribution in [1.29, 1.82) is 0 Å². The molecule has 4 heterocycles. The highest BCUT2D eigenvalue weighted by atomic mass is 16.5. The minimum atomic E-state index is 0.0134. The Bertz CT molecular complexity index is 761. The SMILES string of the molecule is COc1nc(Oc2nc(OC)nc(N3CCOCC3)n2)nc(N2CCOCC2)n1. The number of nitrogens with zero attached hydrogens (tertiary/aromatic N) is 8. The van der Waals surface area contributed by atoms with Gasteiger partial charge in [-0.2, -0.15) is 19.9 Å². The number of hydrogen-bond donors (Lipinski definition) is 0. The number of aromatic nitrogens is 6. The van der Waals surface area contributed by atoms with Crippen LogP contribution in [0.15, 0.2) is 0 Å². The number of methoxy groups -OCH3 is 2. The number of anilines is 2. The van der Waals surface area contributed by atoms with Crippen molar-refractivity contribution in [3.8, 4) is 24.0 Å². The lowest BCUT2D eigenvalue weighted by atomic mass is 10.4. The standard InChI is InChI=1S/C16H22N8O5/c1-25-13-17-11(23-3-7-27-8-4-23)19-15(21-13)29-16-20-12(18-14(22-16)26-2)24-5-9-28-10-6-24/h3-10H2,1-2H3. The average molecular weight is 406 g/mol. The summed E-state index contributed by atoms with van der Waals surface area (Å²) in [7, 11) is 2.95. The molecule has 0 unspecified atom stereocenters. The van der Waals surface area contributed by atoms with Gasteiger partial charge in [-0.3, -0.25) is 0 Å². The van der Waals surface area contributed by atoms with Crippen LogP contribution in [0, 0.1) is 0 Å². The molecule has 0 spiro atoms. The largest absolute Gasteiger partial charge is 0.467 e. The van der Waals surface area contributed by atoms with E-state index in [-0.39, 0.29) is 24.0 Å². The molecule has 0 bridgehead atoms. The van der Waals surface area contributed by atoms with E-state index in [1.165, 1.54) is 14.2 Å². The molecule has 0 aliphatic carbocycles. The van der Waals surface area contributed by atoms with Crippen LogP contribution >= 0.6 is 0 Å². The van der Waals surface area contributed by atoms with Crippen LogP contribution in [0.3, 0.4) is 0 Å². The fraction of sp³-hybridized carbons (Fsp3) is 0.625. The average Bonchev–Trinajstić information content (AvgIpc) is 2.79.